The van der Waals surface area contributed by atoms with Crippen molar-refractivity contribution in [2.24, 2.45) is 0 Å². The molecule has 3 rings (SSSR count). The number of rotatable bonds is 4. The first-order valence-electron chi connectivity index (χ1n) is 8.05. The van der Waals surface area contributed by atoms with Crippen molar-refractivity contribution in [1.82, 2.24) is 10.2 Å². The van der Waals surface area contributed by atoms with Crippen LogP contribution in [0.5, 0.6) is 5.75 Å². The smallest absolute Gasteiger partial charge is 0.316 e. The normalized spacial score (nSPS) is 16.4. The van der Waals surface area contributed by atoms with Crippen LogP contribution >= 0.6 is 11.6 Å². The second-order valence-electron chi connectivity index (χ2n) is 6.03. The Morgan fingerprint density at radius 2 is 2.00 bits per heavy atom. The summed E-state index contributed by atoms with van der Waals surface area (Å²) in [7, 11) is 3.05. The second kappa shape index (κ2) is 7.27. The maximum atomic E-state index is 12.7. The van der Waals surface area contributed by atoms with E-state index in [4.69, 9.17) is 21.1 Å². The number of carbonyl (C=O) groups excluding carboxylic acids is 1. The molecule has 1 aliphatic rings. The van der Waals surface area contributed by atoms with Crippen molar-refractivity contribution < 1.29 is 14.3 Å². The monoisotopic (exact) mass is 361 g/mol. The molecule has 2 aromatic rings. The summed E-state index contributed by atoms with van der Waals surface area (Å²) in [6.07, 6.45) is 2.95. The second-order valence-corrected chi connectivity index (χ2v) is 6.42. The fraction of sp³-hybridized carbons (Fsp3) is 0.389. The molecule has 0 aliphatic carbocycles. The Kier molecular flexibility index (Phi) is 5.08. The minimum Gasteiger partial charge on any atom is -0.497 e. The van der Waals surface area contributed by atoms with E-state index in [9.17, 15) is 4.79 Å². The number of nitrogens with zero attached hydrogens (tertiary/aromatic N) is 3. The van der Waals surface area contributed by atoms with E-state index < -0.39 is 5.41 Å². The van der Waals surface area contributed by atoms with Crippen LogP contribution in [-0.2, 0) is 14.9 Å². The SMILES string of the molecule is COC(=O)C1(c2cccc(OC)c2)CCN(c2cnnc(Cl)c2)CC1. The van der Waals surface area contributed by atoms with Crippen molar-refractivity contribution in [1.29, 1.82) is 0 Å². The molecule has 0 saturated carbocycles. The summed E-state index contributed by atoms with van der Waals surface area (Å²) >= 11 is 5.93. The summed E-state index contributed by atoms with van der Waals surface area (Å²) in [6.45, 7) is 1.38. The number of aromatic nitrogens is 2. The molecule has 1 aromatic carbocycles. The van der Waals surface area contributed by atoms with Gasteiger partial charge >= 0.3 is 5.97 Å². The number of hydrogen-bond donors (Lipinski definition) is 0. The van der Waals surface area contributed by atoms with Gasteiger partial charge in [-0.15, -0.1) is 5.10 Å². The Balaban J connectivity index is 1.88. The molecule has 1 aliphatic heterocycles. The van der Waals surface area contributed by atoms with Crippen LogP contribution in [0.15, 0.2) is 36.5 Å². The molecule has 0 N–H and O–H groups in total. The Hall–Kier alpha value is -2.34. The number of methoxy groups -OCH3 is 2. The van der Waals surface area contributed by atoms with Gasteiger partial charge in [0, 0.05) is 19.2 Å². The van der Waals surface area contributed by atoms with Gasteiger partial charge in [0.25, 0.3) is 0 Å². The van der Waals surface area contributed by atoms with Crippen LogP contribution < -0.4 is 9.64 Å². The van der Waals surface area contributed by atoms with Gasteiger partial charge in [0.15, 0.2) is 5.15 Å². The number of carbonyl (C=O) groups is 1. The Morgan fingerprint density at radius 3 is 2.64 bits per heavy atom. The highest BCUT2D eigenvalue weighted by molar-refractivity contribution is 6.29. The molecular weight excluding hydrogens is 342 g/mol. The number of piperidine rings is 1. The van der Waals surface area contributed by atoms with Crippen LogP contribution in [-0.4, -0.2) is 43.5 Å². The number of benzene rings is 1. The maximum absolute atomic E-state index is 12.7. The molecule has 0 amide bonds. The topological polar surface area (TPSA) is 64.6 Å². The van der Waals surface area contributed by atoms with Gasteiger partial charge in [-0.05, 0) is 30.5 Å². The van der Waals surface area contributed by atoms with Crippen LogP contribution in [0.25, 0.3) is 0 Å². The molecule has 0 unspecified atom stereocenters. The molecule has 132 valence electrons. The van der Waals surface area contributed by atoms with Crippen LogP contribution in [0.2, 0.25) is 5.15 Å². The molecule has 25 heavy (non-hydrogen) atoms. The zero-order valence-electron chi connectivity index (χ0n) is 14.2. The average Bonchev–Trinajstić information content (AvgIpc) is 2.67. The Morgan fingerprint density at radius 1 is 1.24 bits per heavy atom. The fourth-order valence-corrected chi connectivity index (χ4v) is 3.53. The predicted octanol–water partition coefficient (Wildman–Crippen LogP) is 2.85. The van der Waals surface area contributed by atoms with Crippen molar-refractivity contribution in [2.75, 3.05) is 32.2 Å². The maximum Gasteiger partial charge on any atom is 0.316 e. The van der Waals surface area contributed by atoms with Gasteiger partial charge in [0.1, 0.15) is 5.75 Å². The van der Waals surface area contributed by atoms with Crippen LogP contribution in [0, 0.1) is 0 Å². The zero-order chi connectivity index (χ0) is 17.9. The van der Waals surface area contributed by atoms with E-state index in [2.05, 4.69) is 15.1 Å². The van der Waals surface area contributed by atoms with Gasteiger partial charge in [0.2, 0.25) is 0 Å². The first kappa shape index (κ1) is 17.5. The van der Waals surface area contributed by atoms with Crippen LogP contribution in [0.1, 0.15) is 18.4 Å². The standard InChI is InChI=1S/C18H20ClN3O3/c1-24-15-5-3-4-13(10-15)18(17(23)25-2)6-8-22(9-7-18)14-11-16(19)21-20-12-14/h3-5,10-12H,6-9H2,1-2H3. The molecule has 2 heterocycles. The highest BCUT2D eigenvalue weighted by atomic mass is 35.5. The van der Waals surface area contributed by atoms with E-state index in [1.54, 1.807) is 19.4 Å². The van der Waals surface area contributed by atoms with Crippen molar-refractivity contribution >= 4 is 23.3 Å². The average molecular weight is 362 g/mol. The third-order valence-electron chi connectivity index (χ3n) is 4.79. The first-order chi connectivity index (χ1) is 12.1. The van der Waals surface area contributed by atoms with E-state index >= 15 is 0 Å². The number of anilines is 1. The quantitative estimate of drug-likeness (QED) is 0.780. The van der Waals surface area contributed by atoms with E-state index in [-0.39, 0.29) is 5.97 Å². The fourth-order valence-electron chi connectivity index (χ4n) is 3.38. The van der Waals surface area contributed by atoms with Crippen molar-refractivity contribution in [3.05, 3.63) is 47.2 Å². The molecule has 6 nitrogen and oxygen atoms in total. The summed E-state index contributed by atoms with van der Waals surface area (Å²) in [5.74, 6) is 0.514. The number of halogens is 1. The van der Waals surface area contributed by atoms with E-state index in [0.29, 0.717) is 31.1 Å². The summed E-state index contributed by atoms with van der Waals surface area (Å²) in [6, 6.07) is 9.43. The van der Waals surface area contributed by atoms with Gasteiger partial charge in [-0.1, -0.05) is 23.7 Å². The summed E-state index contributed by atoms with van der Waals surface area (Å²) in [4.78, 5) is 14.8. The molecule has 0 spiro atoms. The van der Waals surface area contributed by atoms with Gasteiger partial charge in [-0.25, -0.2) is 0 Å². The molecule has 7 heteroatoms. The molecule has 0 radical (unpaired) electrons. The molecule has 0 atom stereocenters. The summed E-state index contributed by atoms with van der Waals surface area (Å²) < 4.78 is 10.5. The van der Waals surface area contributed by atoms with Crippen molar-refractivity contribution in [2.45, 2.75) is 18.3 Å². The predicted molar refractivity (Wildman–Crippen MR) is 95.2 cm³/mol. The lowest BCUT2D eigenvalue weighted by Gasteiger charge is -2.40. The zero-order valence-corrected chi connectivity index (χ0v) is 15.0. The van der Waals surface area contributed by atoms with Gasteiger partial charge < -0.3 is 14.4 Å². The largest absolute Gasteiger partial charge is 0.497 e. The van der Waals surface area contributed by atoms with Crippen LogP contribution in [0.3, 0.4) is 0 Å². The molecule has 1 fully saturated rings. The van der Waals surface area contributed by atoms with Gasteiger partial charge in [-0.3, -0.25) is 4.79 Å². The van der Waals surface area contributed by atoms with Gasteiger partial charge in [-0.2, -0.15) is 5.10 Å². The van der Waals surface area contributed by atoms with E-state index in [1.807, 2.05) is 24.3 Å². The van der Waals surface area contributed by atoms with Crippen molar-refractivity contribution in [3.8, 4) is 5.75 Å². The third kappa shape index (κ3) is 3.39. The highest BCUT2D eigenvalue weighted by Gasteiger charge is 2.44. The lowest BCUT2D eigenvalue weighted by atomic mass is 9.72. The highest BCUT2D eigenvalue weighted by Crippen LogP contribution is 2.39. The minimum absolute atomic E-state index is 0.216. The molecule has 0 bridgehead atoms. The van der Waals surface area contributed by atoms with E-state index in [0.717, 1.165) is 17.0 Å². The Labute approximate surface area is 151 Å². The minimum atomic E-state index is -0.677. The molecular formula is C18H20ClN3O3. The number of hydrogen-bond acceptors (Lipinski definition) is 6. The number of ether oxygens (including phenoxy) is 2. The lowest BCUT2D eigenvalue weighted by Crippen LogP contribution is -2.48. The molecule has 1 saturated heterocycles. The van der Waals surface area contributed by atoms with Crippen LogP contribution in [0.4, 0.5) is 5.69 Å². The first-order valence-corrected chi connectivity index (χ1v) is 8.43. The van der Waals surface area contributed by atoms with E-state index in [1.165, 1.54) is 7.11 Å². The molecule has 1 aromatic heterocycles. The summed E-state index contributed by atoms with van der Waals surface area (Å²) in [5.41, 5.74) is 1.15. The number of esters is 1. The van der Waals surface area contributed by atoms with Crippen molar-refractivity contribution in [3.63, 3.8) is 0 Å². The Bertz CT molecular complexity index is 761. The van der Waals surface area contributed by atoms with Gasteiger partial charge in [0.05, 0.1) is 31.5 Å². The lowest BCUT2D eigenvalue weighted by molar-refractivity contribution is -0.148. The third-order valence-corrected chi connectivity index (χ3v) is 4.98. The summed E-state index contributed by atoms with van der Waals surface area (Å²) in [5, 5.41) is 8.02.